The molecule has 0 amide bonds. The molecule has 0 saturated heterocycles. The normalized spacial score (nSPS) is 17.2. The number of nitrogens with one attached hydrogen (secondary N) is 2. The molecule has 0 aliphatic carbocycles. The molecular formula is C23H21F3N2OS. The van der Waals surface area contributed by atoms with Crippen LogP contribution in [0.1, 0.15) is 23.1 Å². The summed E-state index contributed by atoms with van der Waals surface area (Å²) in [6.07, 6.45) is -0.153. The summed E-state index contributed by atoms with van der Waals surface area (Å²) in [7, 11) is 0. The zero-order valence-corrected chi connectivity index (χ0v) is 16.9. The maximum Gasteiger partial charge on any atom is 0.416 e. The zero-order valence-electron chi connectivity index (χ0n) is 16.1. The first-order valence-corrected chi connectivity index (χ1v) is 10.8. The maximum absolute atomic E-state index is 13.0. The standard InChI is InChI=1S/C23H21F3N2OS/c24-23(25,26)18-5-3-4-15(10-18)16-8-9-27-21(11-16)22(29)14-30-13-17-12-28-20-7-2-1-6-19(17)20/h1-8,10,12,21,27-28H,9,11,13-14H2. The summed E-state index contributed by atoms with van der Waals surface area (Å²) >= 11 is 1.55. The third-order valence-corrected chi connectivity index (χ3v) is 6.27. The second kappa shape index (κ2) is 8.70. The van der Waals surface area contributed by atoms with Crippen molar-refractivity contribution in [1.29, 1.82) is 0 Å². The Bertz CT molecular complexity index is 1090. The van der Waals surface area contributed by atoms with Gasteiger partial charge in [0, 0.05) is 29.4 Å². The van der Waals surface area contributed by atoms with Crippen LogP contribution in [0.2, 0.25) is 0 Å². The maximum atomic E-state index is 13.0. The van der Waals surface area contributed by atoms with Gasteiger partial charge in [0.25, 0.3) is 0 Å². The Morgan fingerprint density at radius 2 is 1.97 bits per heavy atom. The van der Waals surface area contributed by atoms with Gasteiger partial charge in [-0.25, -0.2) is 0 Å². The number of hydrogen-bond donors (Lipinski definition) is 2. The van der Waals surface area contributed by atoms with Gasteiger partial charge >= 0.3 is 6.18 Å². The molecule has 0 saturated carbocycles. The van der Waals surface area contributed by atoms with Crippen molar-refractivity contribution in [3.8, 4) is 0 Å². The van der Waals surface area contributed by atoms with Crippen molar-refractivity contribution >= 4 is 34.0 Å². The molecule has 4 rings (SSSR count). The van der Waals surface area contributed by atoms with E-state index in [1.54, 1.807) is 17.8 Å². The van der Waals surface area contributed by atoms with Crippen LogP contribution in [0.25, 0.3) is 16.5 Å². The van der Waals surface area contributed by atoms with Gasteiger partial charge < -0.3 is 10.3 Å². The summed E-state index contributed by atoms with van der Waals surface area (Å²) in [5.74, 6) is 1.14. The lowest BCUT2D eigenvalue weighted by Crippen LogP contribution is -2.40. The molecular weight excluding hydrogens is 409 g/mol. The second-order valence-corrected chi connectivity index (χ2v) is 8.28. The van der Waals surface area contributed by atoms with Gasteiger partial charge in [-0.1, -0.05) is 36.4 Å². The fraction of sp³-hybridized carbons (Fsp3) is 0.261. The SMILES string of the molecule is O=C(CSCc1c[nH]c2ccccc12)C1CC(c2cccc(C(F)(F)F)c2)=CCN1. The predicted octanol–water partition coefficient (Wildman–Crippen LogP) is 5.43. The van der Waals surface area contributed by atoms with E-state index < -0.39 is 11.7 Å². The van der Waals surface area contributed by atoms with Crippen LogP contribution in [-0.2, 0) is 16.7 Å². The molecule has 7 heteroatoms. The molecule has 0 radical (unpaired) electrons. The van der Waals surface area contributed by atoms with Crippen molar-refractivity contribution in [2.45, 2.75) is 24.4 Å². The quantitative estimate of drug-likeness (QED) is 0.548. The number of carbonyl (C=O) groups is 1. The highest BCUT2D eigenvalue weighted by atomic mass is 32.2. The van der Waals surface area contributed by atoms with Gasteiger partial charge in [0.05, 0.1) is 17.4 Å². The number of aromatic amines is 1. The van der Waals surface area contributed by atoms with E-state index in [2.05, 4.69) is 16.4 Å². The smallest absolute Gasteiger partial charge is 0.361 e. The van der Waals surface area contributed by atoms with Crippen LogP contribution in [0.4, 0.5) is 13.2 Å². The first-order chi connectivity index (χ1) is 14.4. The molecule has 0 fully saturated rings. The summed E-state index contributed by atoms with van der Waals surface area (Å²) in [6.45, 7) is 0.467. The van der Waals surface area contributed by atoms with Gasteiger partial charge in [-0.05, 0) is 41.3 Å². The number of alkyl halides is 3. The molecule has 156 valence electrons. The predicted molar refractivity (Wildman–Crippen MR) is 115 cm³/mol. The molecule has 0 bridgehead atoms. The molecule has 30 heavy (non-hydrogen) atoms. The van der Waals surface area contributed by atoms with Crippen LogP contribution in [0.3, 0.4) is 0 Å². The number of aromatic nitrogens is 1. The lowest BCUT2D eigenvalue weighted by atomic mass is 9.93. The Kier molecular flexibility index (Phi) is 6.01. The highest BCUT2D eigenvalue weighted by Crippen LogP contribution is 2.32. The number of benzene rings is 2. The number of hydrogen-bond acceptors (Lipinski definition) is 3. The number of para-hydroxylation sites is 1. The van der Waals surface area contributed by atoms with Gasteiger partial charge in [0.15, 0.2) is 5.78 Å². The fourth-order valence-electron chi connectivity index (χ4n) is 3.67. The van der Waals surface area contributed by atoms with Crippen LogP contribution >= 0.6 is 11.8 Å². The average molecular weight is 430 g/mol. The minimum Gasteiger partial charge on any atom is -0.361 e. The lowest BCUT2D eigenvalue weighted by Gasteiger charge is -2.24. The first-order valence-electron chi connectivity index (χ1n) is 9.67. The fourth-order valence-corrected chi connectivity index (χ4v) is 4.63. The molecule has 1 aliphatic rings. The second-order valence-electron chi connectivity index (χ2n) is 7.29. The van der Waals surface area contributed by atoms with Crippen molar-refractivity contribution in [2.75, 3.05) is 12.3 Å². The van der Waals surface area contributed by atoms with Gasteiger partial charge in [-0.2, -0.15) is 13.2 Å². The van der Waals surface area contributed by atoms with Gasteiger partial charge in [0.2, 0.25) is 0 Å². The Balaban J connectivity index is 1.36. The minimum absolute atomic E-state index is 0.0671. The van der Waals surface area contributed by atoms with Gasteiger partial charge in [0.1, 0.15) is 0 Å². The van der Waals surface area contributed by atoms with Gasteiger partial charge in [-0.3, -0.25) is 4.79 Å². The Hall–Kier alpha value is -2.51. The minimum atomic E-state index is -4.38. The number of ketones is 1. The number of H-pyrrole nitrogens is 1. The summed E-state index contributed by atoms with van der Waals surface area (Å²) < 4.78 is 39.0. The van der Waals surface area contributed by atoms with Gasteiger partial charge in [-0.15, -0.1) is 11.8 Å². The third kappa shape index (κ3) is 4.63. The molecule has 2 N–H and O–H groups in total. The van der Waals surface area contributed by atoms with E-state index in [1.807, 2.05) is 30.5 Å². The zero-order chi connectivity index (χ0) is 21.1. The van der Waals surface area contributed by atoms with E-state index in [1.165, 1.54) is 6.07 Å². The molecule has 1 atom stereocenters. The Morgan fingerprint density at radius 1 is 1.13 bits per heavy atom. The number of fused-ring (bicyclic) bond motifs is 1. The molecule has 2 heterocycles. The molecule has 3 aromatic rings. The molecule has 1 aliphatic heterocycles. The van der Waals surface area contributed by atoms with Crippen LogP contribution in [-0.4, -0.2) is 29.1 Å². The average Bonchev–Trinajstić information content (AvgIpc) is 3.16. The van der Waals surface area contributed by atoms with Crippen LogP contribution in [0.15, 0.2) is 60.8 Å². The van der Waals surface area contributed by atoms with E-state index in [9.17, 15) is 18.0 Å². The number of carbonyl (C=O) groups excluding carboxylic acids is 1. The Labute approximate surface area is 176 Å². The summed E-state index contributed by atoms with van der Waals surface area (Å²) in [5.41, 5.74) is 2.86. The lowest BCUT2D eigenvalue weighted by molar-refractivity contribution is -0.137. The van der Waals surface area contributed by atoms with E-state index >= 15 is 0 Å². The van der Waals surface area contributed by atoms with Crippen molar-refractivity contribution in [3.05, 3.63) is 77.5 Å². The first kappa shape index (κ1) is 20.8. The summed E-state index contributed by atoms with van der Waals surface area (Å²) in [6, 6.07) is 13.0. The molecule has 1 aromatic heterocycles. The highest BCUT2D eigenvalue weighted by molar-refractivity contribution is 7.99. The topological polar surface area (TPSA) is 44.9 Å². The number of halogens is 3. The summed E-state index contributed by atoms with van der Waals surface area (Å²) in [4.78, 5) is 15.9. The van der Waals surface area contributed by atoms with Crippen molar-refractivity contribution in [2.24, 2.45) is 0 Å². The number of rotatable bonds is 6. The molecule has 1 unspecified atom stereocenters. The van der Waals surface area contributed by atoms with Crippen LogP contribution in [0.5, 0.6) is 0 Å². The largest absolute Gasteiger partial charge is 0.416 e. The monoisotopic (exact) mass is 430 g/mol. The highest BCUT2D eigenvalue weighted by Gasteiger charge is 2.31. The van der Waals surface area contributed by atoms with Crippen molar-refractivity contribution < 1.29 is 18.0 Å². The third-order valence-electron chi connectivity index (χ3n) is 5.26. The van der Waals surface area contributed by atoms with E-state index in [-0.39, 0.29) is 11.8 Å². The van der Waals surface area contributed by atoms with E-state index in [0.29, 0.717) is 24.3 Å². The van der Waals surface area contributed by atoms with Crippen LogP contribution < -0.4 is 5.32 Å². The molecule has 3 nitrogen and oxygen atoms in total. The molecule has 2 aromatic carbocycles. The number of Topliss-reactive ketones (excluding diaryl/α,β-unsaturated/α-hetero) is 1. The summed E-state index contributed by atoms with van der Waals surface area (Å²) in [5, 5.41) is 4.32. The van der Waals surface area contributed by atoms with E-state index in [4.69, 9.17) is 0 Å². The van der Waals surface area contributed by atoms with Crippen molar-refractivity contribution in [3.63, 3.8) is 0 Å². The number of thioether (sulfide) groups is 1. The molecule has 0 spiro atoms. The van der Waals surface area contributed by atoms with E-state index in [0.717, 1.165) is 39.9 Å². The van der Waals surface area contributed by atoms with Crippen molar-refractivity contribution in [1.82, 2.24) is 10.3 Å². The Morgan fingerprint density at radius 3 is 2.80 bits per heavy atom. The van der Waals surface area contributed by atoms with Crippen LogP contribution in [0, 0.1) is 0 Å².